The Labute approximate surface area is 122 Å². The van der Waals surface area contributed by atoms with Gasteiger partial charge in [0.25, 0.3) is 5.78 Å². The molecule has 0 unspecified atom stereocenters. The number of rotatable bonds is 3. The molecule has 5 heteroatoms. The minimum Gasteiger partial charge on any atom is -0.377 e. The van der Waals surface area contributed by atoms with Crippen molar-refractivity contribution in [1.82, 2.24) is 4.90 Å². The highest BCUT2D eigenvalue weighted by Crippen LogP contribution is 2.27. The first-order chi connectivity index (χ1) is 9.98. The van der Waals surface area contributed by atoms with Gasteiger partial charge in [-0.1, -0.05) is 43.2 Å². The summed E-state index contributed by atoms with van der Waals surface area (Å²) >= 11 is 0. The molecule has 1 aliphatic heterocycles. The van der Waals surface area contributed by atoms with Crippen LogP contribution in [-0.4, -0.2) is 29.9 Å². The number of Topliss-reactive ketones (excluding diaryl/α,β-unsaturated/α-hetero) is 1. The first-order valence-corrected chi connectivity index (χ1v) is 7.11. The van der Waals surface area contributed by atoms with Gasteiger partial charge in [-0.2, -0.15) is 13.2 Å². The second-order valence-electron chi connectivity index (χ2n) is 5.19. The van der Waals surface area contributed by atoms with Crippen molar-refractivity contribution in [2.45, 2.75) is 31.9 Å². The summed E-state index contributed by atoms with van der Waals surface area (Å²) in [7, 11) is 0. The number of carbonyl (C=O) groups is 1. The van der Waals surface area contributed by atoms with Gasteiger partial charge in [-0.25, -0.2) is 0 Å². The van der Waals surface area contributed by atoms with Gasteiger partial charge in [-0.05, 0) is 18.4 Å². The van der Waals surface area contributed by atoms with Gasteiger partial charge >= 0.3 is 6.18 Å². The molecule has 114 valence electrons. The van der Waals surface area contributed by atoms with E-state index in [2.05, 4.69) is 0 Å². The molecule has 0 aliphatic carbocycles. The van der Waals surface area contributed by atoms with Crippen molar-refractivity contribution >= 4 is 11.4 Å². The third kappa shape index (κ3) is 4.34. The van der Waals surface area contributed by atoms with Crippen LogP contribution in [0.4, 0.5) is 13.2 Å². The van der Waals surface area contributed by atoms with Crippen LogP contribution < -0.4 is 0 Å². The molecule has 1 aliphatic rings. The van der Waals surface area contributed by atoms with E-state index in [4.69, 9.17) is 0 Å². The van der Waals surface area contributed by atoms with Gasteiger partial charge in [0.1, 0.15) is 0 Å². The van der Waals surface area contributed by atoms with E-state index in [1.54, 1.807) is 18.2 Å². The summed E-state index contributed by atoms with van der Waals surface area (Å²) in [6, 6.07) is 8.05. The fraction of sp³-hybridized carbons (Fsp3) is 0.438. The van der Waals surface area contributed by atoms with E-state index < -0.39 is 12.0 Å². The Hall–Kier alpha value is -1.78. The maximum Gasteiger partial charge on any atom is 0.454 e. The number of nitrogens with zero attached hydrogens (tertiary/aromatic N) is 1. The maximum absolute atomic E-state index is 12.8. The fourth-order valence-corrected chi connectivity index (χ4v) is 2.44. The second kappa shape index (κ2) is 6.78. The third-order valence-corrected chi connectivity index (χ3v) is 3.54. The predicted octanol–water partition coefficient (Wildman–Crippen LogP) is 4.03. The van der Waals surface area contributed by atoms with Crippen LogP contribution in [0.5, 0.6) is 0 Å². The normalized spacial score (nSPS) is 17.5. The van der Waals surface area contributed by atoms with Crippen LogP contribution >= 0.6 is 0 Å². The molecule has 2 rings (SSSR count). The van der Waals surface area contributed by atoms with Crippen molar-refractivity contribution < 1.29 is 18.0 Å². The zero-order chi connectivity index (χ0) is 15.3. The van der Waals surface area contributed by atoms with Gasteiger partial charge < -0.3 is 4.90 Å². The molecule has 0 saturated carbocycles. The molecule has 0 aromatic heterocycles. The number of benzene rings is 1. The molecular formula is C16H18F3NO. The molecule has 0 spiro atoms. The molecule has 2 nitrogen and oxygen atoms in total. The number of allylic oxidation sites excluding steroid dienone is 1. The van der Waals surface area contributed by atoms with Crippen LogP contribution in [-0.2, 0) is 4.79 Å². The first-order valence-electron chi connectivity index (χ1n) is 7.11. The van der Waals surface area contributed by atoms with Gasteiger partial charge in [0, 0.05) is 19.3 Å². The van der Waals surface area contributed by atoms with Crippen molar-refractivity contribution in [3.8, 4) is 0 Å². The number of carbonyl (C=O) groups excluding carboxylic acids is 1. The average molecular weight is 297 g/mol. The lowest BCUT2D eigenvalue weighted by Gasteiger charge is -2.20. The van der Waals surface area contributed by atoms with E-state index in [9.17, 15) is 18.0 Å². The standard InChI is InChI=1S/C16H18F3NO/c17-16(18,19)15(21)14(13-8-4-3-5-9-13)12-20-10-6-1-2-7-11-20/h3-5,8-9,12H,1-2,6-7,10-11H2/b14-12-. The van der Waals surface area contributed by atoms with Crippen LogP contribution in [0.3, 0.4) is 0 Å². The minimum atomic E-state index is -4.85. The van der Waals surface area contributed by atoms with Crippen LogP contribution in [0, 0.1) is 0 Å². The molecule has 0 amide bonds. The minimum absolute atomic E-state index is 0.273. The van der Waals surface area contributed by atoms with E-state index in [1.807, 2.05) is 4.90 Å². The Balaban J connectivity index is 2.33. The lowest BCUT2D eigenvalue weighted by atomic mass is 10.0. The number of likely N-dealkylation sites (tertiary alicyclic amines) is 1. The quantitative estimate of drug-likeness (QED) is 0.785. The monoisotopic (exact) mass is 297 g/mol. The molecule has 21 heavy (non-hydrogen) atoms. The highest BCUT2D eigenvalue weighted by Gasteiger charge is 2.41. The van der Waals surface area contributed by atoms with Crippen molar-refractivity contribution in [3.05, 3.63) is 42.1 Å². The Morgan fingerprint density at radius 3 is 2.10 bits per heavy atom. The summed E-state index contributed by atoms with van der Waals surface area (Å²) < 4.78 is 38.4. The molecule has 0 radical (unpaired) electrons. The summed E-state index contributed by atoms with van der Waals surface area (Å²) in [5.74, 6) is -1.78. The molecular weight excluding hydrogens is 279 g/mol. The fourth-order valence-electron chi connectivity index (χ4n) is 2.44. The SMILES string of the molecule is O=C(/C(=C\N1CCCCCC1)c1ccccc1)C(F)(F)F. The molecule has 0 N–H and O–H groups in total. The summed E-state index contributed by atoms with van der Waals surface area (Å²) in [4.78, 5) is 13.5. The van der Waals surface area contributed by atoms with Crippen LogP contribution in [0.1, 0.15) is 31.2 Å². The number of alkyl halides is 3. The van der Waals surface area contributed by atoms with Crippen molar-refractivity contribution in [2.75, 3.05) is 13.1 Å². The summed E-state index contributed by atoms with van der Waals surface area (Å²) in [5.41, 5.74) is 0.0362. The van der Waals surface area contributed by atoms with E-state index in [0.717, 1.165) is 25.7 Å². The molecule has 1 aromatic rings. The molecule has 1 aromatic carbocycles. The molecule has 0 atom stereocenters. The van der Waals surface area contributed by atoms with Crippen LogP contribution in [0.15, 0.2) is 36.5 Å². The summed E-state index contributed by atoms with van der Waals surface area (Å²) in [6.07, 6.45) is 0.581. The Morgan fingerprint density at radius 2 is 1.57 bits per heavy atom. The Morgan fingerprint density at radius 1 is 1.00 bits per heavy atom. The Bertz CT molecular complexity index is 500. The lowest BCUT2D eigenvalue weighted by molar-refractivity contribution is -0.164. The van der Waals surface area contributed by atoms with E-state index in [0.29, 0.717) is 18.7 Å². The van der Waals surface area contributed by atoms with Crippen molar-refractivity contribution in [1.29, 1.82) is 0 Å². The highest BCUT2D eigenvalue weighted by atomic mass is 19.4. The Kier molecular flexibility index (Phi) is 5.04. The number of hydrogen-bond donors (Lipinski definition) is 0. The highest BCUT2D eigenvalue weighted by molar-refractivity contribution is 6.23. The topological polar surface area (TPSA) is 20.3 Å². The van der Waals surface area contributed by atoms with Crippen molar-refractivity contribution in [2.24, 2.45) is 0 Å². The van der Waals surface area contributed by atoms with E-state index >= 15 is 0 Å². The average Bonchev–Trinajstić information content (AvgIpc) is 2.72. The molecule has 1 saturated heterocycles. The summed E-state index contributed by atoms with van der Waals surface area (Å²) in [6.45, 7) is 1.39. The zero-order valence-electron chi connectivity index (χ0n) is 11.7. The molecule has 1 heterocycles. The molecule has 0 bridgehead atoms. The van der Waals surface area contributed by atoms with Crippen molar-refractivity contribution in [3.63, 3.8) is 0 Å². The van der Waals surface area contributed by atoms with Gasteiger partial charge in [0.05, 0.1) is 5.57 Å². The zero-order valence-corrected chi connectivity index (χ0v) is 11.7. The maximum atomic E-state index is 12.8. The second-order valence-corrected chi connectivity index (χ2v) is 5.19. The van der Waals surface area contributed by atoms with E-state index in [1.165, 1.54) is 18.3 Å². The van der Waals surface area contributed by atoms with Gasteiger partial charge in [-0.15, -0.1) is 0 Å². The lowest BCUT2D eigenvalue weighted by Crippen LogP contribution is -2.26. The van der Waals surface area contributed by atoms with Crippen LogP contribution in [0.25, 0.3) is 5.57 Å². The number of hydrogen-bond acceptors (Lipinski definition) is 2. The summed E-state index contributed by atoms with van der Waals surface area (Å²) in [5, 5.41) is 0. The largest absolute Gasteiger partial charge is 0.454 e. The predicted molar refractivity (Wildman–Crippen MR) is 75.5 cm³/mol. The van der Waals surface area contributed by atoms with Gasteiger partial charge in [0.15, 0.2) is 0 Å². The van der Waals surface area contributed by atoms with E-state index in [-0.39, 0.29) is 5.57 Å². The molecule has 1 fully saturated rings. The first kappa shape index (κ1) is 15.6. The number of ketones is 1. The van der Waals surface area contributed by atoms with Gasteiger partial charge in [0.2, 0.25) is 0 Å². The number of halogens is 3. The third-order valence-electron chi connectivity index (χ3n) is 3.54. The van der Waals surface area contributed by atoms with Gasteiger partial charge in [-0.3, -0.25) is 4.79 Å². The van der Waals surface area contributed by atoms with Crippen LogP contribution in [0.2, 0.25) is 0 Å². The smallest absolute Gasteiger partial charge is 0.377 e.